The van der Waals surface area contributed by atoms with Gasteiger partial charge in [0.25, 0.3) is 0 Å². The van der Waals surface area contributed by atoms with Crippen molar-refractivity contribution in [3.63, 3.8) is 0 Å². The first-order valence-electron chi connectivity index (χ1n) is 11.9. The molecule has 4 rings (SSSR count). The number of rotatable bonds is 8. The molecular weight excluding hydrogens is 432 g/mol. The second kappa shape index (κ2) is 9.87. The highest BCUT2D eigenvalue weighted by atomic mass is 16.5. The van der Waals surface area contributed by atoms with Gasteiger partial charge in [0.15, 0.2) is 0 Å². The van der Waals surface area contributed by atoms with Crippen LogP contribution in [0.3, 0.4) is 0 Å². The number of carboxylic acids is 1. The van der Waals surface area contributed by atoms with Gasteiger partial charge in [-0.2, -0.15) is 0 Å². The smallest absolute Gasteiger partial charge is 0.407 e. The number of hydrogen-bond acceptors (Lipinski definition) is 4. The number of nitrogens with zero attached hydrogens (tertiary/aromatic N) is 1. The van der Waals surface area contributed by atoms with Crippen LogP contribution in [0.2, 0.25) is 0 Å². The van der Waals surface area contributed by atoms with Gasteiger partial charge in [-0.1, -0.05) is 61.4 Å². The second-order valence-corrected chi connectivity index (χ2v) is 9.86. The van der Waals surface area contributed by atoms with Gasteiger partial charge in [0, 0.05) is 23.9 Å². The maximum absolute atomic E-state index is 13.0. The molecule has 1 saturated carbocycles. The molecule has 34 heavy (non-hydrogen) atoms. The van der Waals surface area contributed by atoms with Gasteiger partial charge in [-0.15, -0.1) is 0 Å². The van der Waals surface area contributed by atoms with Gasteiger partial charge < -0.3 is 20.1 Å². The van der Waals surface area contributed by atoms with E-state index in [-0.39, 0.29) is 37.4 Å². The van der Waals surface area contributed by atoms with Crippen LogP contribution in [0.25, 0.3) is 11.1 Å². The molecule has 0 saturated heterocycles. The molecule has 0 heterocycles. The molecule has 0 radical (unpaired) electrons. The van der Waals surface area contributed by atoms with E-state index in [9.17, 15) is 19.5 Å². The first-order valence-corrected chi connectivity index (χ1v) is 11.9. The highest BCUT2D eigenvalue weighted by molar-refractivity contribution is 5.83. The van der Waals surface area contributed by atoms with Gasteiger partial charge in [-0.05, 0) is 48.9 Å². The van der Waals surface area contributed by atoms with Crippen LogP contribution in [0.4, 0.5) is 4.79 Å². The molecule has 2 amide bonds. The fourth-order valence-corrected chi connectivity index (χ4v) is 5.22. The lowest BCUT2D eigenvalue weighted by Gasteiger charge is -2.32. The van der Waals surface area contributed by atoms with Crippen molar-refractivity contribution in [3.05, 3.63) is 59.7 Å². The number of fused-ring (bicyclic) bond motifs is 3. The molecule has 0 spiro atoms. The summed E-state index contributed by atoms with van der Waals surface area (Å²) in [5.74, 6) is -1.34. The van der Waals surface area contributed by atoms with Crippen molar-refractivity contribution in [1.82, 2.24) is 10.2 Å². The van der Waals surface area contributed by atoms with Crippen molar-refractivity contribution in [3.8, 4) is 11.1 Å². The monoisotopic (exact) mass is 464 g/mol. The summed E-state index contributed by atoms with van der Waals surface area (Å²) in [6.07, 6.45) is 3.04. The lowest BCUT2D eigenvalue weighted by molar-refractivity contribution is -0.146. The predicted octanol–water partition coefficient (Wildman–Crippen LogP) is 4.55. The van der Waals surface area contributed by atoms with E-state index in [0.29, 0.717) is 0 Å². The summed E-state index contributed by atoms with van der Waals surface area (Å²) in [5.41, 5.74) is 3.69. The highest BCUT2D eigenvalue weighted by Gasteiger charge is 2.34. The first kappa shape index (κ1) is 23.8. The van der Waals surface area contributed by atoms with Crippen LogP contribution in [0.1, 0.15) is 63.0 Å². The van der Waals surface area contributed by atoms with Crippen LogP contribution in [-0.2, 0) is 14.3 Å². The van der Waals surface area contributed by atoms with Crippen LogP contribution in [-0.4, -0.2) is 52.7 Å². The summed E-state index contributed by atoms with van der Waals surface area (Å²) in [6, 6.07) is 16.2. The standard InChI is InChI=1S/C27H32N2O5/c1-27(2,15-24(30)29(16-25(31)32)18-9-3-4-10-18)28-26(33)34-17-23-21-13-7-5-11-19(21)20-12-6-8-14-22(20)23/h5-8,11-14,18,23H,3-4,9-10,15-17H2,1-2H3,(H,28,33)(H,31,32). The Kier molecular flexibility index (Phi) is 6.91. The number of carbonyl (C=O) groups excluding carboxylic acids is 2. The molecule has 0 atom stereocenters. The van der Waals surface area contributed by atoms with E-state index in [2.05, 4.69) is 29.6 Å². The Balaban J connectivity index is 1.37. The number of alkyl carbamates (subject to hydrolysis) is 1. The quantitative estimate of drug-likeness (QED) is 0.598. The Hall–Kier alpha value is -3.35. The van der Waals surface area contributed by atoms with Crippen molar-refractivity contribution in [2.45, 2.75) is 63.5 Å². The predicted molar refractivity (Wildman–Crippen MR) is 129 cm³/mol. The van der Waals surface area contributed by atoms with E-state index in [1.807, 2.05) is 24.3 Å². The lowest BCUT2D eigenvalue weighted by atomic mass is 9.98. The van der Waals surface area contributed by atoms with E-state index >= 15 is 0 Å². The zero-order valence-corrected chi connectivity index (χ0v) is 19.8. The minimum absolute atomic E-state index is 0.000968. The molecule has 0 unspecified atom stereocenters. The number of nitrogens with one attached hydrogen (secondary N) is 1. The average molecular weight is 465 g/mol. The van der Waals surface area contributed by atoms with Gasteiger partial charge in [0.2, 0.25) is 5.91 Å². The molecular formula is C27H32N2O5. The molecule has 7 nitrogen and oxygen atoms in total. The largest absolute Gasteiger partial charge is 0.480 e. The van der Waals surface area contributed by atoms with Crippen LogP contribution >= 0.6 is 0 Å². The number of ether oxygens (including phenoxy) is 1. The van der Waals surface area contributed by atoms with E-state index in [4.69, 9.17) is 4.74 Å². The molecule has 0 aliphatic heterocycles. The van der Waals surface area contributed by atoms with E-state index in [1.54, 1.807) is 13.8 Å². The Morgan fingerprint density at radius 3 is 2.12 bits per heavy atom. The third-order valence-corrected chi connectivity index (χ3v) is 6.77. The molecule has 0 bridgehead atoms. The minimum Gasteiger partial charge on any atom is -0.480 e. The third kappa shape index (κ3) is 5.24. The molecule has 2 aliphatic rings. The Labute approximate surface area is 200 Å². The van der Waals surface area contributed by atoms with Crippen LogP contribution in [0.15, 0.2) is 48.5 Å². The van der Waals surface area contributed by atoms with Crippen LogP contribution in [0.5, 0.6) is 0 Å². The van der Waals surface area contributed by atoms with E-state index in [1.165, 1.54) is 4.90 Å². The van der Waals surface area contributed by atoms with Gasteiger partial charge >= 0.3 is 12.1 Å². The zero-order valence-electron chi connectivity index (χ0n) is 19.8. The minimum atomic E-state index is -1.03. The molecule has 0 aromatic heterocycles. The maximum Gasteiger partial charge on any atom is 0.407 e. The SMILES string of the molecule is CC(C)(CC(=O)N(CC(=O)O)C1CCCC1)NC(=O)OCC1c2ccccc2-c2ccccc21. The lowest BCUT2D eigenvalue weighted by Crippen LogP contribution is -2.50. The van der Waals surface area contributed by atoms with Crippen molar-refractivity contribution >= 4 is 18.0 Å². The Morgan fingerprint density at radius 2 is 1.56 bits per heavy atom. The summed E-state index contributed by atoms with van der Waals surface area (Å²) in [4.78, 5) is 38.4. The second-order valence-electron chi connectivity index (χ2n) is 9.86. The Morgan fingerprint density at radius 1 is 1.00 bits per heavy atom. The maximum atomic E-state index is 13.0. The molecule has 2 aromatic carbocycles. The molecule has 2 aromatic rings. The first-order chi connectivity index (χ1) is 16.2. The van der Waals surface area contributed by atoms with Gasteiger partial charge in [0.05, 0.1) is 0 Å². The summed E-state index contributed by atoms with van der Waals surface area (Å²) in [6.45, 7) is 3.38. The topological polar surface area (TPSA) is 95.9 Å². The number of carbonyl (C=O) groups is 3. The number of hydrogen-bond donors (Lipinski definition) is 2. The van der Waals surface area contributed by atoms with Crippen molar-refractivity contribution < 1.29 is 24.2 Å². The fourth-order valence-electron chi connectivity index (χ4n) is 5.22. The van der Waals surface area contributed by atoms with Gasteiger partial charge in [0.1, 0.15) is 13.2 Å². The molecule has 7 heteroatoms. The van der Waals surface area contributed by atoms with Gasteiger partial charge in [-0.25, -0.2) is 4.79 Å². The normalized spacial score (nSPS) is 15.5. The number of benzene rings is 2. The Bertz CT molecular complexity index is 1030. The van der Waals surface area contributed by atoms with E-state index < -0.39 is 17.6 Å². The highest BCUT2D eigenvalue weighted by Crippen LogP contribution is 2.44. The number of carboxylic acid groups (broad SMARTS) is 1. The fraction of sp³-hybridized carbons (Fsp3) is 0.444. The average Bonchev–Trinajstić information content (AvgIpc) is 3.42. The van der Waals surface area contributed by atoms with Crippen molar-refractivity contribution in [2.75, 3.05) is 13.2 Å². The summed E-state index contributed by atoms with van der Waals surface area (Å²) >= 11 is 0. The molecule has 2 aliphatic carbocycles. The summed E-state index contributed by atoms with van der Waals surface area (Å²) < 4.78 is 5.61. The molecule has 180 valence electrons. The zero-order chi connectivity index (χ0) is 24.3. The molecule has 1 fully saturated rings. The van der Waals surface area contributed by atoms with E-state index in [0.717, 1.165) is 47.9 Å². The van der Waals surface area contributed by atoms with Crippen molar-refractivity contribution in [2.24, 2.45) is 0 Å². The number of amides is 2. The summed E-state index contributed by atoms with van der Waals surface area (Å²) in [5, 5.41) is 12.1. The van der Waals surface area contributed by atoms with Crippen LogP contribution < -0.4 is 5.32 Å². The van der Waals surface area contributed by atoms with Crippen molar-refractivity contribution in [1.29, 1.82) is 0 Å². The van der Waals surface area contributed by atoms with Crippen LogP contribution in [0, 0.1) is 0 Å². The van der Waals surface area contributed by atoms with Gasteiger partial charge in [-0.3, -0.25) is 9.59 Å². The number of aliphatic carboxylic acids is 1. The third-order valence-electron chi connectivity index (χ3n) is 6.77. The molecule has 2 N–H and O–H groups in total. The summed E-state index contributed by atoms with van der Waals surface area (Å²) in [7, 11) is 0.